The largest absolute Gasteiger partial charge is 0.486 e. The average molecular weight is 315 g/mol. The van der Waals surface area contributed by atoms with Crippen LogP contribution in [0.1, 0.15) is 11.1 Å². The predicted molar refractivity (Wildman–Crippen MR) is 74.9 cm³/mol. The van der Waals surface area contributed by atoms with E-state index in [0.717, 1.165) is 17.2 Å². The highest BCUT2D eigenvalue weighted by Gasteiger charge is 2.13. The van der Waals surface area contributed by atoms with Gasteiger partial charge in [0.15, 0.2) is 11.6 Å². The van der Waals surface area contributed by atoms with Crippen LogP contribution in [0.25, 0.3) is 0 Å². The van der Waals surface area contributed by atoms with Gasteiger partial charge in [-0.25, -0.2) is 12.8 Å². The zero-order valence-corrected chi connectivity index (χ0v) is 12.2. The molecule has 0 amide bonds. The van der Waals surface area contributed by atoms with Crippen LogP contribution < -0.4 is 4.74 Å². The maximum Gasteiger partial charge on any atom is 0.261 e. The van der Waals surface area contributed by atoms with Crippen LogP contribution in [-0.2, 0) is 15.7 Å². The first-order chi connectivity index (χ1) is 9.36. The molecule has 0 atom stereocenters. The Kier molecular flexibility index (Phi) is 4.30. The molecule has 2 rings (SSSR count). The third-order valence-corrected chi connectivity index (χ3v) is 4.01. The van der Waals surface area contributed by atoms with Gasteiger partial charge in [0.25, 0.3) is 9.05 Å². The molecule has 6 heteroatoms. The molecule has 0 heterocycles. The first kappa shape index (κ1) is 14.8. The Bertz CT molecular complexity index is 729. The first-order valence-electron chi connectivity index (χ1n) is 5.79. The van der Waals surface area contributed by atoms with Crippen LogP contribution in [0.4, 0.5) is 4.39 Å². The van der Waals surface area contributed by atoms with Crippen LogP contribution >= 0.6 is 10.7 Å². The molecule has 106 valence electrons. The smallest absolute Gasteiger partial charge is 0.261 e. The van der Waals surface area contributed by atoms with Gasteiger partial charge in [-0.05, 0) is 30.7 Å². The van der Waals surface area contributed by atoms with Crippen molar-refractivity contribution in [2.75, 3.05) is 0 Å². The van der Waals surface area contributed by atoms with E-state index in [1.165, 1.54) is 12.1 Å². The summed E-state index contributed by atoms with van der Waals surface area (Å²) in [5.41, 5.74) is 1.98. The van der Waals surface area contributed by atoms with Gasteiger partial charge < -0.3 is 4.74 Å². The second-order valence-corrected chi connectivity index (χ2v) is 6.87. The Morgan fingerprint density at radius 3 is 2.55 bits per heavy atom. The molecule has 0 N–H and O–H groups in total. The van der Waals surface area contributed by atoms with Crippen LogP contribution in [0.2, 0.25) is 0 Å². The van der Waals surface area contributed by atoms with Crippen molar-refractivity contribution in [2.45, 2.75) is 18.4 Å². The van der Waals surface area contributed by atoms with Crippen LogP contribution in [0, 0.1) is 12.7 Å². The standard InChI is InChI=1S/C14H12ClFO3S/c1-10-3-2-4-11(7-10)9-19-14-6-5-12(8-13(14)16)20(15,17)18/h2-8H,9H2,1H3. The van der Waals surface area contributed by atoms with Gasteiger partial charge in [0.2, 0.25) is 0 Å². The van der Waals surface area contributed by atoms with Gasteiger partial charge in [0.1, 0.15) is 6.61 Å². The molecule has 0 spiro atoms. The van der Waals surface area contributed by atoms with Gasteiger partial charge >= 0.3 is 0 Å². The summed E-state index contributed by atoms with van der Waals surface area (Å²) in [5.74, 6) is -0.782. The molecular weight excluding hydrogens is 303 g/mol. The Labute approximate surface area is 121 Å². The first-order valence-corrected chi connectivity index (χ1v) is 8.10. The average Bonchev–Trinajstić information content (AvgIpc) is 2.36. The third-order valence-electron chi connectivity index (χ3n) is 2.66. The van der Waals surface area contributed by atoms with Crippen molar-refractivity contribution in [3.05, 3.63) is 59.4 Å². The fraction of sp³-hybridized carbons (Fsp3) is 0.143. The Morgan fingerprint density at radius 1 is 1.20 bits per heavy atom. The van der Waals surface area contributed by atoms with Crippen molar-refractivity contribution in [2.24, 2.45) is 0 Å². The molecule has 0 saturated carbocycles. The fourth-order valence-electron chi connectivity index (χ4n) is 1.71. The Hall–Kier alpha value is -1.59. The van der Waals surface area contributed by atoms with E-state index in [1.807, 2.05) is 31.2 Å². The van der Waals surface area contributed by atoms with Crippen LogP contribution in [-0.4, -0.2) is 8.42 Å². The van der Waals surface area contributed by atoms with Crippen molar-refractivity contribution >= 4 is 19.7 Å². The lowest BCUT2D eigenvalue weighted by molar-refractivity contribution is 0.290. The number of rotatable bonds is 4. The molecule has 3 nitrogen and oxygen atoms in total. The zero-order valence-electron chi connectivity index (χ0n) is 10.6. The van der Waals surface area contributed by atoms with Crippen molar-refractivity contribution in [3.8, 4) is 5.75 Å². The Morgan fingerprint density at radius 2 is 1.95 bits per heavy atom. The summed E-state index contributed by atoms with van der Waals surface area (Å²) >= 11 is 0. The summed E-state index contributed by atoms with van der Waals surface area (Å²) in [4.78, 5) is -0.292. The molecule has 0 aliphatic carbocycles. The maximum atomic E-state index is 13.7. The van der Waals surface area contributed by atoms with E-state index in [-0.39, 0.29) is 17.3 Å². The van der Waals surface area contributed by atoms with Gasteiger partial charge in [0.05, 0.1) is 4.90 Å². The molecular formula is C14H12ClFO3S. The van der Waals surface area contributed by atoms with Gasteiger partial charge in [-0.1, -0.05) is 29.8 Å². The van der Waals surface area contributed by atoms with E-state index < -0.39 is 14.9 Å². The fourth-order valence-corrected chi connectivity index (χ4v) is 2.48. The lowest BCUT2D eigenvalue weighted by atomic mass is 10.1. The molecule has 0 aliphatic heterocycles. The highest BCUT2D eigenvalue weighted by atomic mass is 35.7. The summed E-state index contributed by atoms with van der Waals surface area (Å²) in [7, 11) is 1.20. The summed E-state index contributed by atoms with van der Waals surface area (Å²) in [6, 6.07) is 10.9. The highest BCUT2D eigenvalue weighted by molar-refractivity contribution is 8.13. The van der Waals surface area contributed by atoms with Crippen LogP contribution in [0.5, 0.6) is 5.75 Å². The Balaban J connectivity index is 2.15. The van der Waals surface area contributed by atoms with Gasteiger partial charge in [-0.3, -0.25) is 0 Å². The van der Waals surface area contributed by atoms with Crippen molar-refractivity contribution in [1.29, 1.82) is 0 Å². The molecule has 0 fully saturated rings. The third kappa shape index (κ3) is 3.71. The molecule has 2 aromatic carbocycles. The zero-order chi connectivity index (χ0) is 14.8. The molecule has 0 aliphatic rings. The summed E-state index contributed by atoms with van der Waals surface area (Å²) < 4.78 is 41.2. The van der Waals surface area contributed by atoms with Crippen molar-refractivity contribution in [1.82, 2.24) is 0 Å². The minimum atomic E-state index is -3.94. The topological polar surface area (TPSA) is 43.4 Å². The van der Waals surface area contributed by atoms with E-state index in [0.29, 0.717) is 0 Å². The minimum Gasteiger partial charge on any atom is -0.486 e. The second kappa shape index (κ2) is 5.81. The quantitative estimate of drug-likeness (QED) is 0.809. The van der Waals surface area contributed by atoms with E-state index >= 15 is 0 Å². The minimum absolute atomic E-state index is 0.0180. The molecule has 0 radical (unpaired) electrons. The summed E-state index contributed by atoms with van der Waals surface area (Å²) in [5, 5.41) is 0. The molecule has 0 unspecified atom stereocenters. The SMILES string of the molecule is Cc1cccc(COc2ccc(S(=O)(=O)Cl)cc2F)c1. The van der Waals surface area contributed by atoms with E-state index in [2.05, 4.69) is 0 Å². The van der Waals surface area contributed by atoms with Gasteiger partial charge in [-0.15, -0.1) is 0 Å². The van der Waals surface area contributed by atoms with Crippen LogP contribution in [0.3, 0.4) is 0 Å². The van der Waals surface area contributed by atoms with E-state index in [1.54, 1.807) is 0 Å². The molecule has 0 bridgehead atoms. The van der Waals surface area contributed by atoms with E-state index in [4.69, 9.17) is 15.4 Å². The molecule has 2 aromatic rings. The lowest BCUT2D eigenvalue weighted by Crippen LogP contribution is -1.99. The van der Waals surface area contributed by atoms with Crippen molar-refractivity contribution < 1.29 is 17.5 Å². The van der Waals surface area contributed by atoms with Crippen LogP contribution in [0.15, 0.2) is 47.4 Å². The molecule has 20 heavy (non-hydrogen) atoms. The number of hydrogen-bond donors (Lipinski definition) is 0. The second-order valence-electron chi connectivity index (χ2n) is 4.31. The monoisotopic (exact) mass is 314 g/mol. The number of aryl methyl sites for hydroxylation is 1. The normalized spacial score (nSPS) is 11.3. The molecule has 0 saturated heterocycles. The number of ether oxygens (including phenoxy) is 1. The molecule has 0 aromatic heterocycles. The van der Waals surface area contributed by atoms with Gasteiger partial charge in [0, 0.05) is 10.7 Å². The summed E-state index contributed by atoms with van der Waals surface area (Å²) in [6.45, 7) is 2.15. The van der Waals surface area contributed by atoms with E-state index in [9.17, 15) is 12.8 Å². The number of halogens is 2. The lowest BCUT2D eigenvalue weighted by Gasteiger charge is -2.08. The number of hydrogen-bond acceptors (Lipinski definition) is 3. The predicted octanol–water partition coefficient (Wildman–Crippen LogP) is 3.64. The van der Waals surface area contributed by atoms with Gasteiger partial charge in [-0.2, -0.15) is 0 Å². The highest BCUT2D eigenvalue weighted by Crippen LogP contribution is 2.24. The number of benzene rings is 2. The summed E-state index contributed by atoms with van der Waals surface area (Å²) in [6.07, 6.45) is 0. The van der Waals surface area contributed by atoms with Crippen molar-refractivity contribution in [3.63, 3.8) is 0 Å². The maximum absolute atomic E-state index is 13.7.